The Hall–Kier alpha value is -1.06. The average Bonchev–Trinajstić information content (AvgIpc) is 2.36. The van der Waals surface area contributed by atoms with Crippen LogP contribution < -0.4 is 10.1 Å². The molecule has 0 aromatic heterocycles. The second-order valence-corrected chi connectivity index (χ2v) is 5.30. The van der Waals surface area contributed by atoms with Crippen molar-refractivity contribution in [3.63, 3.8) is 0 Å². The summed E-state index contributed by atoms with van der Waals surface area (Å²) in [5.74, 6) is 0.896. The molecule has 0 fully saturated rings. The summed E-state index contributed by atoms with van der Waals surface area (Å²) < 4.78 is 10.6. The molecule has 0 amide bonds. The van der Waals surface area contributed by atoms with E-state index in [4.69, 9.17) is 9.47 Å². The highest BCUT2D eigenvalue weighted by molar-refractivity contribution is 5.27. The molecule has 1 aromatic rings. The summed E-state index contributed by atoms with van der Waals surface area (Å²) in [5, 5.41) is 3.51. The molecule has 1 atom stereocenters. The minimum atomic E-state index is -0.0771. The lowest BCUT2D eigenvalue weighted by atomic mass is 10.00. The van der Waals surface area contributed by atoms with Gasteiger partial charge in [-0.05, 0) is 44.9 Å². The molecule has 0 saturated carbocycles. The van der Waals surface area contributed by atoms with Crippen LogP contribution in [0.3, 0.4) is 0 Å². The molecule has 102 valence electrons. The Kier molecular flexibility index (Phi) is 5.63. The smallest absolute Gasteiger partial charge is 0.118 e. The largest absolute Gasteiger partial charge is 0.497 e. The van der Waals surface area contributed by atoms with Gasteiger partial charge < -0.3 is 14.8 Å². The van der Waals surface area contributed by atoms with E-state index in [0.29, 0.717) is 6.04 Å². The Bertz CT molecular complexity index is 346. The Morgan fingerprint density at radius 3 is 2.28 bits per heavy atom. The fraction of sp³-hybridized carbons (Fsp3) is 0.600. The van der Waals surface area contributed by atoms with Crippen LogP contribution in [-0.4, -0.2) is 25.9 Å². The Labute approximate surface area is 110 Å². The monoisotopic (exact) mass is 251 g/mol. The predicted molar refractivity (Wildman–Crippen MR) is 75.0 cm³/mol. The van der Waals surface area contributed by atoms with Gasteiger partial charge in [0.05, 0.1) is 12.7 Å². The van der Waals surface area contributed by atoms with E-state index in [1.54, 1.807) is 14.2 Å². The molecule has 0 aliphatic carbocycles. The van der Waals surface area contributed by atoms with Gasteiger partial charge in [-0.15, -0.1) is 0 Å². The van der Waals surface area contributed by atoms with Gasteiger partial charge in [-0.25, -0.2) is 0 Å². The summed E-state index contributed by atoms with van der Waals surface area (Å²) >= 11 is 0. The molecule has 0 aliphatic rings. The van der Waals surface area contributed by atoms with Gasteiger partial charge in [-0.3, -0.25) is 0 Å². The summed E-state index contributed by atoms with van der Waals surface area (Å²) in [6.45, 7) is 7.27. The van der Waals surface area contributed by atoms with Crippen LogP contribution in [0, 0.1) is 0 Å². The fourth-order valence-electron chi connectivity index (χ4n) is 1.93. The number of benzene rings is 1. The molecule has 0 aliphatic heterocycles. The quantitative estimate of drug-likeness (QED) is 0.808. The zero-order chi connectivity index (χ0) is 13.6. The molecular weight excluding hydrogens is 226 g/mol. The minimum Gasteiger partial charge on any atom is -0.497 e. The maximum Gasteiger partial charge on any atom is 0.118 e. The van der Waals surface area contributed by atoms with Crippen LogP contribution in [0.15, 0.2) is 24.3 Å². The number of hydrogen-bond donors (Lipinski definition) is 1. The van der Waals surface area contributed by atoms with Crippen LogP contribution in [0.25, 0.3) is 0 Å². The molecule has 18 heavy (non-hydrogen) atoms. The second kappa shape index (κ2) is 6.76. The number of ether oxygens (including phenoxy) is 2. The Morgan fingerprint density at radius 1 is 1.17 bits per heavy atom. The summed E-state index contributed by atoms with van der Waals surface area (Å²) in [5.41, 5.74) is 1.18. The third-order valence-corrected chi connectivity index (χ3v) is 3.16. The van der Waals surface area contributed by atoms with E-state index in [0.717, 1.165) is 18.7 Å². The average molecular weight is 251 g/mol. The predicted octanol–water partition coefficient (Wildman–Crippen LogP) is 2.99. The van der Waals surface area contributed by atoms with E-state index in [9.17, 15) is 0 Å². The molecular formula is C15H25NO2. The molecule has 3 heteroatoms. The molecule has 0 heterocycles. The minimum absolute atomic E-state index is 0.0771. The van der Waals surface area contributed by atoms with Crippen LogP contribution in [0.4, 0.5) is 0 Å². The summed E-state index contributed by atoms with van der Waals surface area (Å²) in [4.78, 5) is 0. The summed E-state index contributed by atoms with van der Waals surface area (Å²) in [6.07, 6.45) is 0.986. The molecule has 0 spiro atoms. The first-order chi connectivity index (χ1) is 8.46. The van der Waals surface area contributed by atoms with Crippen molar-refractivity contribution in [3.8, 4) is 5.75 Å². The van der Waals surface area contributed by atoms with Crippen molar-refractivity contribution < 1.29 is 9.47 Å². The first-order valence-electron chi connectivity index (χ1n) is 6.38. The first-order valence-corrected chi connectivity index (χ1v) is 6.38. The van der Waals surface area contributed by atoms with Crippen LogP contribution in [0.5, 0.6) is 5.75 Å². The zero-order valence-electron chi connectivity index (χ0n) is 12.1. The van der Waals surface area contributed by atoms with Crippen LogP contribution in [0.2, 0.25) is 0 Å². The maximum atomic E-state index is 5.43. The first kappa shape index (κ1) is 15.0. The van der Waals surface area contributed by atoms with E-state index in [-0.39, 0.29) is 5.60 Å². The van der Waals surface area contributed by atoms with E-state index < -0.39 is 0 Å². The number of methoxy groups -OCH3 is 2. The molecule has 1 rings (SSSR count). The van der Waals surface area contributed by atoms with E-state index in [2.05, 4.69) is 38.2 Å². The third kappa shape index (κ3) is 5.07. The number of hydrogen-bond acceptors (Lipinski definition) is 3. The van der Waals surface area contributed by atoms with Gasteiger partial charge in [0.15, 0.2) is 0 Å². The number of rotatable bonds is 7. The van der Waals surface area contributed by atoms with Crippen molar-refractivity contribution in [2.45, 2.75) is 45.4 Å². The lowest BCUT2D eigenvalue weighted by Crippen LogP contribution is -2.35. The van der Waals surface area contributed by atoms with E-state index in [1.807, 2.05) is 12.1 Å². The Balaban J connectivity index is 2.39. The van der Waals surface area contributed by atoms with Gasteiger partial charge in [0.1, 0.15) is 5.75 Å². The SMILES string of the molecule is COc1ccc(CNC(C)CC(C)(C)OC)cc1. The van der Waals surface area contributed by atoms with Gasteiger partial charge in [0, 0.05) is 19.7 Å². The summed E-state index contributed by atoms with van der Waals surface area (Å²) in [6, 6.07) is 8.56. The highest BCUT2D eigenvalue weighted by Gasteiger charge is 2.19. The van der Waals surface area contributed by atoms with Gasteiger partial charge in [0.25, 0.3) is 0 Å². The fourth-order valence-corrected chi connectivity index (χ4v) is 1.93. The molecule has 1 N–H and O–H groups in total. The lowest BCUT2D eigenvalue weighted by Gasteiger charge is -2.27. The zero-order valence-corrected chi connectivity index (χ0v) is 12.1. The van der Waals surface area contributed by atoms with Crippen molar-refractivity contribution in [1.82, 2.24) is 5.32 Å². The van der Waals surface area contributed by atoms with Gasteiger partial charge >= 0.3 is 0 Å². The molecule has 3 nitrogen and oxygen atoms in total. The van der Waals surface area contributed by atoms with Crippen molar-refractivity contribution in [3.05, 3.63) is 29.8 Å². The third-order valence-electron chi connectivity index (χ3n) is 3.16. The summed E-state index contributed by atoms with van der Waals surface area (Å²) in [7, 11) is 3.44. The lowest BCUT2D eigenvalue weighted by molar-refractivity contribution is 0.00844. The van der Waals surface area contributed by atoms with Crippen molar-refractivity contribution >= 4 is 0 Å². The van der Waals surface area contributed by atoms with Crippen LogP contribution in [0.1, 0.15) is 32.8 Å². The Morgan fingerprint density at radius 2 is 1.78 bits per heavy atom. The second-order valence-electron chi connectivity index (χ2n) is 5.30. The van der Waals surface area contributed by atoms with Gasteiger partial charge in [-0.2, -0.15) is 0 Å². The molecule has 0 radical (unpaired) electrons. The van der Waals surface area contributed by atoms with Gasteiger partial charge in [-0.1, -0.05) is 12.1 Å². The molecule has 0 bridgehead atoms. The van der Waals surface area contributed by atoms with E-state index >= 15 is 0 Å². The highest BCUT2D eigenvalue weighted by atomic mass is 16.5. The van der Waals surface area contributed by atoms with Crippen molar-refractivity contribution in [2.75, 3.05) is 14.2 Å². The van der Waals surface area contributed by atoms with Gasteiger partial charge in [0.2, 0.25) is 0 Å². The van der Waals surface area contributed by atoms with Crippen molar-refractivity contribution in [2.24, 2.45) is 0 Å². The number of nitrogens with one attached hydrogen (secondary N) is 1. The normalized spacial score (nSPS) is 13.4. The topological polar surface area (TPSA) is 30.5 Å². The van der Waals surface area contributed by atoms with Crippen LogP contribution >= 0.6 is 0 Å². The standard InChI is InChI=1S/C15H25NO2/c1-12(10-15(2,3)18-5)16-11-13-6-8-14(17-4)9-7-13/h6-9,12,16H,10-11H2,1-5H3. The molecule has 1 unspecified atom stereocenters. The van der Waals surface area contributed by atoms with Crippen molar-refractivity contribution in [1.29, 1.82) is 0 Å². The maximum absolute atomic E-state index is 5.43. The van der Waals surface area contributed by atoms with E-state index in [1.165, 1.54) is 5.56 Å². The molecule has 0 saturated heterocycles. The van der Waals surface area contributed by atoms with Crippen LogP contribution in [-0.2, 0) is 11.3 Å². The highest BCUT2D eigenvalue weighted by Crippen LogP contribution is 2.16. The molecule has 1 aromatic carbocycles.